The number of hydrogen-bond donors (Lipinski definition) is 1. The number of benzene rings is 2. The van der Waals surface area contributed by atoms with Gasteiger partial charge in [-0.3, -0.25) is 9.69 Å². The summed E-state index contributed by atoms with van der Waals surface area (Å²) in [7, 11) is 0. The van der Waals surface area contributed by atoms with Crippen molar-refractivity contribution < 1.29 is 9.18 Å². The SMILES string of the molecule is Cc1ccccc1[C@H]1CN(Cc2ccc[nH]2)C[C@H]1CN(C(=O)c1ccc(F)cc1)C(C)C. The number of halogens is 1. The van der Waals surface area contributed by atoms with Gasteiger partial charge in [0.25, 0.3) is 5.91 Å². The van der Waals surface area contributed by atoms with Crippen LogP contribution in [0.15, 0.2) is 66.9 Å². The quantitative estimate of drug-likeness (QED) is 0.554. The van der Waals surface area contributed by atoms with Crippen LogP contribution in [0, 0.1) is 18.7 Å². The van der Waals surface area contributed by atoms with Gasteiger partial charge in [0, 0.05) is 55.6 Å². The number of aryl methyl sites for hydroxylation is 1. The molecule has 0 aliphatic carbocycles. The Morgan fingerprint density at radius 2 is 1.84 bits per heavy atom. The molecule has 0 unspecified atom stereocenters. The maximum absolute atomic E-state index is 13.4. The number of rotatable bonds is 7. The molecule has 3 aromatic rings. The average molecular weight is 434 g/mol. The summed E-state index contributed by atoms with van der Waals surface area (Å²) in [6, 6.07) is 18.7. The minimum absolute atomic E-state index is 0.0358. The molecule has 1 N–H and O–H groups in total. The highest BCUT2D eigenvalue weighted by Gasteiger charge is 2.37. The van der Waals surface area contributed by atoms with Crippen molar-refractivity contribution >= 4 is 5.91 Å². The summed E-state index contributed by atoms with van der Waals surface area (Å²) < 4.78 is 13.4. The molecule has 2 atom stereocenters. The first-order valence-electron chi connectivity index (χ1n) is 11.4. The van der Waals surface area contributed by atoms with E-state index < -0.39 is 0 Å². The van der Waals surface area contributed by atoms with Crippen molar-refractivity contribution in [2.24, 2.45) is 5.92 Å². The van der Waals surface area contributed by atoms with Crippen molar-refractivity contribution in [1.82, 2.24) is 14.8 Å². The molecule has 1 aliphatic rings. The molecule has 1 fully saturated rings. The van der Waals surface area contributed by atoms with Gasteiger partial charge in [-0.05, 0) is 74.2 Å². The first-order valence-corrected chi connectivity index (χ1v) is 11.4. The van der Waals surface area contributed by atoms with Crippen LogP contribution >= 0.6 is 0 Å². The van der Waals surface area contributed by atoms with Crippen molar-refractivity contribution in [3.63, 3.8) is 0 Å². The number of aromatic amines is 1. The van der Waals surface area contributed by atoms with Gasteiger partial charge in [-0.2, -0.15) is 0 Å². The largest absolute Gasteiger partial charge is 0.364 e. The van der Waals surface area contributed by atoms with Crippen LogP contribution in [0.2, 0.25) is 0 Å². The topological polar surface area (TPSA) is 39.3 Å². The number of likely N-dealkylation sites (tertiary alicyclic amines) is 1. The monoisotopic (exact) mass is 433 g/mol. The normalized spacial score (nSPS) is 18.9. The second kappa shape index (κ2) is 9.70. The van der Waals surface area contributed by atoms with Crippen LogP contribution in [0.3, 0.4) is 0 Å². The zero-order valence-electron chi connectivity index (χ0n) is 19.1. The lowest BCUT2D eigenvalue weighted by atomic mass is 9.86. The molecule has 168 valence electrons. The summed E-state index contributed by atoms with van der Waals surface area (Å²) >= 11 is 0. The molecule has 0 saturated carbocycles. The summed E-state index contributed by atoms with van der Waals surface area (Å²) in [5.74, 6) is 0.311. The molecular formula is C27H32FN3O. The van der Waals surface area contributed by atoms with E-state index in [9.17, 15) is 9.18 Å². The number of carbonyl (C=O) groups is 1. The Hall–Kier alpha value is -2.92. The number of nitrogens with zero attached hydrogens (tertiary/aromatic N) is 2. The summed E-state index contributed by atoms with van der Waals surface area (Å²) in [5, 5.41) is 0. The maximum Gasteiger partial charge on any atom is 0.254 e. The molecule has 0 bridgehead atoms. The molecule has 5 heteroatoms. The van der Waals surface area contributed by atoms with E-state index >= 15 is 0 Å². The zero-order chi connectivity index (χ0) is 22.7. The van der Waals surface area contributed by atoms with Crippen LogP contribution in [-0.2, 0) is 6.54 Å². The fourth-order valence-corrected chi connectivity index (χ4v) is 4.88. The Balaban J connectivity index is 1.58. The number of amides is 1. The maximum atomic E-state index is 13.4. The highest BCUT2D eigenvalue weighted by Crippen LogP contribution is 2.36. The van der Waals surface area contributed by atoms with E-state index in [2.05, 4.69) is 61.0 Å². The first kappa shape index (κ1) is 22.3. The molecule has 1 amide bonds. The lowest BCUT2D eigenvalue weighted by molar-refractivity contribution is 0.0668. The van der Waals surface area contributed by atoms with E-state index in [1.807, 2.05) is 17.2 Å². The van der Waals surface area contributed by atoms with E-state index in [-0.39, 0.29) is 17.8 Å². The molecule has 2 heterocycles. The van der Waals surface area contributed by atoms with Crippen LogP contribution < -0.4 is 0 Å². The third-order valence-corrected chi connectivity index (χ3v) is 6.57. The average Bonchev–Trinajstić information content (AvgIpc) is 3.42. The summed E-state index contributed by atoms with van der Waals surface area (Å²) in [6.07, 6.45) is 1.96. The Morgan fingerprint density at radius 3 is 2.50 bits per heavy atom. The number of carbonyl (C=O) groups excluding carboxylic acids is 1. The number of hydrogen-bond acceptors (Lipinski definition) is 2. The van der Waals surface area contributed by atoms with Gasteiger partial charge in [0.05, 0.1) is 0 Å². The van der Waals surface area contributed by atoms with Gasteiger partial charge in [0.1, 0.15) is 5.82 Å². The van der Waals surface area contributed by atoms with Crippen LogP contribution in [0.4, 0.5) is 4.39 Å². The Bertz CT molecular complexity index is 1030. The van der Waals surface area contributed by atoms with Crippen molar-refractivity contribution in [2.75, 3.05) is 19.6 Å². The van der Waals surface area contributed by atoms with Gasteiger partial charge < -0.3 is 9.88 Å². The van der Waals surface area contributed by atoms with Crippen LogP contribution in [0.25, 0.3) is 0 Å². The molecule has 1 saturated heterocycles. The van der Waals surface area contributed by atoms with Crippen molar-refractivity contribution in [3.8, 4) is 0 Å². The van der Waals surface area contributed by atoms with Gasteiger partial charge in [-0.15, -0.1) is 0 Å². The molecule has 0 radical (unpaired) electrons. The fraction of sp³-hybridized carbons (Fsp3) is 0.370. The van der Waals surface area contributed by atoms with E-state index in [0.29, 0.717) is 23.9 Å². The van der Waals surface area contributed by atoms with Gasteiger partial charge in [-0.1, -0.05) is 24.3 Å². The summed E-state index contributed by atoms with van der Waals surface area (Å²) in [5.41, 5.74) is 4.40. The molecule has 4 rings (SSSR count). The minimum Gasteiger partial charge on any atom is -0.364 e. The van der Waals surface area contributed by atoms with Gasteiger partial charge in [0.15, 0.2) is 0 Å². The number of aromatic nitrogens is 1. The number of nitrogens with one attached hydrogen (secondary N) is 1. The van der Waals surface area contributed by atoms with Gasteiger partial charge in [-0.25, -0.2) is 4.39 Å². The van der Waals surface area contributed by atoms with Crippen LogP contribution in [-0.4, -0.2) is 46.4 Å². The zero-order valence-corrected chi connectivity index (χ0v) is 19.1. The summed E-state index contributed by atoms with van der Waals surface area (Å²) in [6.45, 7) is 9.71. The van der Waals surface area contributed by atoms with Crippen LogP contribution in [0.1, 0.15) is 46.9 Å². The predicted molar refractivity (Wildman–Crippen MR) is 126 cm³/mol. The molecular weight excluding hydrogens is 401 g/mol. The third kappa shape index (κ3) is 4.94. The molecule has 32 heavy (non-hydrogen) atoms. The molecule has 2 aromatic carbocycles. The third-order valence-electron chi connectivity index (χ3n) is 6.57. The highest BCUT2D eigenvalue weighted by molar-refractivity contribution is 5.94. The van der Waals surface area contributed by atoms with E-state index in [1.54, 1.807) is 12.1 Å². The Kier molecular flexibility index (Phi) is 6.75. The smallest absolute Gasteiger partial charge is 0.254 e. The van der Waals surface area contributed by atoms with Crippen molar-refractivity contribution in [1.29, 1.82) is 0 Å². The van der Waals surface area contributed by atoms with E-state index in [4.69, 9.17) is 0 Å². The minimum atomic E-state index is -0.326. The lowest BCUT2D eigenvalue weighted by Gasteiger charge is -2.32. The van der Waals surface area contributed by atoms with Gasteiger partial charge >= 0.3 is 0 Å². The molecule has 1 aromatic heterocycles. The lowest BCUT2D eigenvalue weighted by Crippen LogP contribution is -2.42. The number of H-pyrrole nitrogens is 1. The molecule has 0 spiro atoms. The second-order valence-corrected chi connectivity index (χ2v) is 9.17. The Labute approximate surface area is 190 Å². The molecule has 1 aliphatic heterocycles. The predicted octanol–water partition coefficient (Wildman–Crippen LogP) is 5.23. The summed E-state index contributed by atoms with van der Waals surface area (Å²) in [4.78, 5) is 21.1. The first-order chi connectivity index (χ1) is 15.4. The van der Waals surface area contributed by atoms with Crippen molar-refractivity contribution in [3.05, 3.63) is 95.1 Å². The second-order valence-electron chi connectivity index (χ2n) is 9.17. The van der Waals surface area contributed by atoms with Gasteiger partial charge in [0.2, 0.25) is 0 Å². The van der Waals surface area contributed by atoms with E-state index in [1.165, 1.54) is 29.0 Å². The van der Waals surface area contributed by atoms with Crippen molar-refractivity contribution in [2.45, 2.75) is 39.3 Å². The standard InChI is InChI=1S/C27H32FN3O/c1-19(2)31(27(32)21-10-12-23(28)13-11-21)16-22-15-30(17-24-8-6-14-29-24)18-26(22)25-9-5-4-7-20(25)3/h4-14,19,22,26,29H,15-18H2,1-3H3/t22-,26-/m0/s1. The fourth-order valence-electron chi connectivity index (χ4n) is 4.88. The highest BCUT2D eigenvalue weighted by atomic mass is 19.1. The van der Waals surface area contributed by atoms with Crippen LogP contribution in [0.5, 0.6) is 0 Å². The Morgan fingerprint density at radius 1 is 1.09 bits per heavy atom. The van der Waals surface area contributed by atoms with E-state index in [0.717, 1.165) is 19.6 Å². The molecule has 4 nitrogen and oxygen atoms in total.